The lowest BCUT2D eigenvalue weighted by Crippen LogP contribution is -2.29. The minimum absolute atomic E-state index is 0.00938. The number of methoxy groups -OCH3 is 1. The first-order chi connectivity index (χ1) is 15.4. The number of aliphatic hydroxyl groups excluding tert-OH is 1. The van der Waals surface area contributed by atoms with E-state index in [1.807, 2.05) is 37.3 Å². The van der Waals surface area contributed by atoms with Gasteiger partial charge in [-0.3, -0.25) is 14.5 Å². The van der Waals surface area contributed by atoms with Crippen molar-refractivity contribution >= 4 is 23.1 Å². The van der Waals surface area contributed by atoms with Gasteiger partial charge in [-0.15, -0.1) is 0 Å². The van der Waals surface area contributed by atoms with E-state index in [1.54, 1.807) is 48.5 Å². The number of ether oxygens (including phenoxy) is 1. The van der Waals surface area contributed by atoms with Crippen molar-refractivity contribution in [1.82, 2.24) is 0 Å². The van der Waals surface area contributed by atoms with E-state index < -0.39 is 17.7 Å². The molecule has 4 rings (SSSR count). The average Bonchev–Trinajstić information content (AvgIpc) is 3.09. The number of anilines is 1. The van der Waals surface area contributed by atoms with E-state index in [4.69, 9.17) is 10.00 Å². The molecule has 158 valence electrons. The van der Waals surface area contributed by atoms with Crippen molar-refractivity contribution < 1.29 is 19.4 Å². The van der Waals surface area contributed by atoms with E-state index in [9.17, 15) is 14.7 Å². The summed E-state index contributed by atoms with van der Waals surface area (Å²) in [5, 5.41) is 20.2. The summed E-state index contributed by atoms with van der Waals surface area (Å²) < 4.78 is 5.16. The molecule has 0 saturated carbocycles. The van der Waals surface area contributed by atoms with Crippen LogP contribution in [0.15, 0.2) is 78.4 Å². The van der Waals surface area contributed by atoms with Crippen molar-refractivity contribution in [3.63, 3.8) is 0 Å². The summed E-state index contributed by atoms with van der Waals surface area (Å²) in [5.74, 6) is -1.16. The highest BCUT2D eigenvalue weighted by Crippen LogP contribution is 2.42. The van der Waals surface area contributed by atoms with Crippen molar-refractivity contribution in [2.45, 2.75) is 13.0 Å². The second-order valence-corrected chi connectivity index (χ2v) is 7.47. The third kappa shape index (κ3) is 3.61. The predicted octanol–water partition coefficient (Wildman–Crippen LogP) is 4.50. The number of nitriles is 1. The van der Waals surface area contributed by atoms with E-state index >= 15 is 0 Å². The molecule has 1 unspecified atom stereocenters. The van der Waals surface area contributed by atoms with E-state index in [0.717, 1.165) is 5.56 Å². The Bertz CT molecular complexity index is 1270. The Labute approximate surface area is 185 Å². The Hall–Kier alpha value is -4.37. The SMILES string of the molecule is COc1ccc(/C(O)=C2/C(=O)C(=O)N(c3ccc(C#N)cc3)C2c2cccc(C)c2)cc1. The molecule has 0 aromatic heterocycles. The van der Waals surface area contributed by atoms with Crippen molar-refractivity contribution in [3.05, 3.63) is 101 Å². The van der Waals surface area contributed by atoms with E-state index in [0.29, 0.717) is 28.1 Å². The number of aryl methyl sites for hydroxylation is 1. The van der Waals surface area contributed by atoms with Crippen LogP contribution in [0.2, 0.25) is 0 Å². The van der Waals surface area contributed by atoms with E-state index in [-0.39, 0.29) is 11.3 Å². The Balaban J connectivity index is 1.92. The van der Waals surface area contributed by atoms with Crippen LogP contribution in [0.25, 0.3) is 5.76 Å². The first kappa shape index (κ1) is 20.9. The minimum atomic E-state index is -0.815. The fourth-order valence-electron chi connectivity index (χ4n) is 3.86. The van der Waals surface area contributed by atoms with Gasteiger partial charge in [-0.1, -0.05) is 29.8 Å². The number of nitrogens with zero attached hydrogens (tertiary/aromatic N) is 2. The number of hydrogen-bond donors (Lipinski definition) is 1. The molecule has 1 amide bonds. The Morgan fingerprint density at radius 1 is 1.03 bits per heavy atom. The first-order valence-electron chi connectivity index (χ1n) is 9.96. The van der Waals surface area contributed by atoms with Crippen LogP contribution in [0, 0.1) is 18.3 Å². The van der Waals surface area contributed by atoms with Gasteiger partial charge in [0.2, 0.25) is 0 Å². The average molecular weight is 424 g/mol. The fraction of sp³-hybridized carbons (Fsp3) is 0.115. The topological polar surface area (TPSA) is 90.6 Å². The van der Waals surface area contributed by atoms with Gasteiger partial charge in [0.25, 0.3) is 11.7 Å². The number of carbonyl (C=O) groups excluding carboxylic acids is 2. The summed E-state index contributed by atoms with van der Waals surface area (Å²) in [5.41, 5.74) is 2.97. The first-order valence-corrected chi connectivity index (χ1v) is 9.96. The Morgan fingerprint density at radius 2 is 1.72 bits per heavy atom. The van der Waals surface area contributed by atoms with Crippen molar-refractivity contribution in [2.24, 2.45) is 0 Å². The molecular formula is C26H20N2O4. The normalized spacial score (nSPS) is 17.3. The van der Waals surface area contributed by atoms with E-state index in [2.05, 4.69) is 0 Å². The van der Waals surface area contributed by atoms with Crippen LogP contribution in [-0.4, -0.2) is 23.9 Å². The second kappa shape index (κ2) is 8.40. The number of aliphatic hydroxyl groups is 1. The van der Waals surface area contributed by atoms with Gasteiger partial charge in [0.05, 0.1) is 30.4 Å². The zero-order valence-electron chi connectivity index (χ0n) is 17.6. The zero-order chi connectivity index (χ0) is 22.8. The number of ketones is 1. The lowest BCUT2D eigenvalue weighted by atomic mass is 9.94. The monoisotopic (exact) mass is 424 g/mol. The highest BCUT2D eigenvalue weighted by molar-refractivity contribution is 6.51. The molecule has 6 nitrogen and oxygen atoms in total. The molecule has 1 atom stereocenters. The number of amides is 1. The molecule has 1 saturated heterocycles. The van der Waals surface area contributed by atoms with Crippen molar-refractivity contribution in [1.29, 1.82) is 5.26 Å². The molecule has 0 radical (unpaired) electrons. The third-order valence-electron chi connectivity index (χ3n) is 5.44. The Morgan fingerprint density at radius 3 is 2.31 bits per heavy atom. The molecular weight excluding hydrogens is 404 g/mol. The molecule has 0 bridgehead atoms. The van der Waals surface area contributed by atoms with Gasteiger partial charge >= 0.3 is 0 Å². The highest BCUT2D eigenvalue weighted by atomic mass is 16.5. The minimum Gasteiger partial charge on any atom is -0.507 e. The largest absolute Gasteiger partial charge is 0.507 e. The smallest absolute Gasteiger partial charge is 0.300 e. The van der Waals surface area contributed by atoms with E-state index in [1.165, 1.54) is 12.0 Å². The van der Waals surface area contributed by atoms with Crippen LogP contribution in [-0.2, 0) is 9.59 Å². The second-order valence-electron chi connectivity index (χ2n) is 7.47. The molecule has 0 spiro atoms. The van der Waals surface area contributed by atoms with Gasteiger partial charge in [-0.25, -0.2) is 0 Å². The summed E-state index contributed by atoms with van der Waals surface area (Å²) in [7, 11) is 1.54. The molecule has 1 heterocycles. The molecule has 3 aromatic rings. The molecule has 32 heavy (non-hydrogen) atoms. The number of Topliss-reactive ketones (excluding diaryl/α,β-unsaturated/α-hetero) is 1. The van der Waals surface area contributed by atoms with Gasteiger partial charge in [0.15, 0.2) is 0 Å². The quantitative estimate of drug-likeness (QED) is 0.378. The molecule has 1 N–H and O–H groups in total. The maximum Gasteiger partial charge on any atom is 0.300 e. The highest BCUT2D eigenvalue weighted by Gasteiger charge is 2.46. The summed E-state index contributed by atoms with van der Waals surface area (Å²) >= 11 is 0. The van der Waals surface area contributed by atoms with Gasteiger partial charge < -0.3 is 9.84 Å². The Kier molecular flexibility index (Phi) is 5.48. The molecule has 0 aliphatic carbocycles. The molecule has 1 aliphatic rings. The van der Waals surface area contributed by atoms with Crippen LogP contribution < -0.4 is 9.64 Å². The molecule has 1 fully saturated rings. The van der Waals surface area contributed by atoms with Crippen LogP contribution in [0.3, 0.4) is 0 Å². The van der Waals surface area contributed by atoms with Crippen LogP contribution in [0.5, 0.6) is 5.75 Å². The zero-order valence-corrected chi connectivity index (χ0v) is 17.6. The maximum absolute atomic E-state index is 13.1. The van der Waals surface area contributed by atoms with Gasteiger partial charge in [0, 0.05) is 11.3 Å². The van der Waals surface area contributed by atoms with Crippen LogP contribution in [0.4, 0.5) is 5.69 Å². The maximum atomic E-state index is 13.1. The predicted molar refractivity (Wildman–Crippen MR) is 120 cm³/mol. The number of benzene rings is 3. The molecule has 3 aromatic carbocycles. The van der Waals surface area contributed by atoms with Gasteiger partial charge in [0.1, 0.15) is 11.5 Å². The standard InChI is InChI=1S/C26H20N2O4/c1-16-4-3-5-19(14-16)23-22(24(29)18-8-12-21(32-2)13-9-18)25(30)26(31)28(23)20-10-6-17(15-27)7-11-20/h3-14,23,29H,1-2H3/b24-22-. The summed E-state index contributed by atoms with van der Waals surface area (Å²) in [4.78, 5) is 27.6. The van der Waals surface area contributed by atoms with Gasteiger partial charge in [-0.2, -0.15) is 5.26 Å². The molecule has 6 heteroatoms. The lowest BCUT2D eigenvalue weighted by Gasteiger charge is -2.25. The van der Waals surface area contributed by atoms with Crippen LogP contribution in [0.1, 0.15) is 28.3 Å². The number of rotatable bonds is 4. The third-order valence-corrected chi connectivity index (χ3v) is 5.44. The van der Waals surface area contributed by atoms with Crippen molar-refractivity contribution in [3.8, 4) is 11.8 Å². The van der Waals surface area contributed by atoms with Gasteiger partial charge in [-0.05, 0) is 61.0 Å². The lowest BCUT2D eigenvalue weighted by molar-refractivity contribution is -0.132. The van der Waals surface area contributed by atoms with Crippen LogP contribution >= 0.6 is 0 Å². The molecule has 1 aliphatic heterocycles. The van der Waals surface area contributed by atoms with Crippen molar-refractivity contribution in [2.75, 3.05) is 12.0 Å². The summed E-state index contributed by atoms with van der Waals surface area (Å²) in [6.07, 6.45) is 0. The number of hydrogen-bond acceptors (Lipinski definition) is 5. The summed E-state index contributed by atoms with van der Waals surface area (Å²) in [6, 6.07) is 21.7. The fourth-order valence-corrected chi connectivity index (χ4v) is 3.86. The number of carbonyl (C=O) groups is 2. The summed E-state index contributed by atoms with van der Waals surface area (Å²) in [6.45, 7) is 1.92.